The van der Waals surface area contributed by atoms with E-state index in [1.165, 1.54) is 11.3 Å². The molecule has 1 N–H and O–H groups in total. The molecule has 3 aromatic rings. The Labute approximate surface area is 107 Å². The van der Waals surface area contributed by atoms with Gasteiger partial charge in [-0.1, -0.05) is 18.2 Å². The van der Waals surface area contributed by atoms with Crippen molar-refractivity contribution in [2.45, 2.75) is 0 Å². The maximum absolute atomic E-state index is 11.8. The first-order chi connectivity index (χ1) is 8.84. The molecule has 0 saturated heterocycles. The summed E-state index contributed by atoms with van der Waals surface area (Å²) in [5, 5.41) is 1.94. The molecule has 0 bridgehead atoms. The molecule has 3 nitrogen and oxygen atoms in total. The number of H-pyrrole nitrogens is 1. The van der Waals surface area contributed by atoms with Crippen molar-refractivity contribution < 1.29 is 4.39 Å². The molecule has 2 heterocycles. The van der Waals surface area contributed by atoms with Crippen LogP contribution in [0.4, 0.5) is 4.39 Å². The standard InChI is InChI=1S/C12H8N2OS.CH3F/c15-12-11(10-6-3-7-16-10)13-8-4-1-2-5-9(8)14-12;1-2/h1-7H,(H,14,15);1H3. The summed E-state index contributed by atoms with van der Waals surface area (Å²) in [6, 6.07) is 11.3. The second-order valence-corrected chi connectivity index (χ2v) is 4.36. The van der Waals surface area contributed by atoms with Crippen molar-refractivity contribution in [1.29, 1.82) is 0 Å². The van der Waals surface area contributed by atoms with Crippen molar-refractivity contribution in [2.24, 2.45) is 0 Å². The van der Waals surface area contributed by atoms with E-state index in [2.05, 4.69) is 9.97 Å². The van der Waals surface area contributed by atoms with Gasteiger partial charge in [-0.25, -0.2) is 4.98 Å². The average Bonchev–Trinajstić information content (AvgIpc) is 2.94. The highest BCUT2D eigenvalue weighted by Gasteiger charge is 2.07. The number of alkyl halides is 1. The molecule has 92 valence electrons. The van der Waals surface area contributed by atoms with Crippen LogP contribution in [-0.4, -0.2) is 17.1 Å². The van der Waals surface area contributed by atoms with Crippen molar-refractivity contribution >= 4 is 22.4 Å². The Morgan fingerprint density at radius 3 is 2.67 bits per heavy atom. The summed E-state index contributed by atoms with van der Waals surface area (Å²) in [7, 11) is 0.500. The zero-order valence-corrected chi connectivity index (χ0v) is 10.5. The minimum absolute atomic E-state index is 0.138. The van der Waals surface area contributed by atoms with Crippen LogP contribution < -0.4 is 5.56 Å². The van der Waals surface area contributed by atoms with Gasteiger partial charge in [0.15, 0.2) is 0 Å². The molecule has 3 rings (SSSR count). The number of fused-ring (bicyclic) bond motifs is 1. The number of benzene rings is 1. The molecule has 0 unspecified atom stereocenters. The summed E-state index contributed by atoms with van der Waals surface area (Å²) in [6.45, 7) is 0. The number of para-hydroxylation sites is 2. The third-order valence-electron chi connectivity index (χ3n) is 2.35. The second kappa shape index (κ2) is 5.55. The van der Waals surface area contributed by atoms with Gasteiger partial charge in [0.05, 0.1) is 23.1 Å². The molecule has 0 atom stereocenters. The number of halogens is 1. The van der Waals surface area contributed by atoms with Gasteiger partial charge < -0.3 is 4.98 Å². The van der Waals surface area contributed by atoms with E-state index in [1.807, 2.05) is 41.8 Å². The van der Waals surface area contributed by atoms with Crippen molar-refractivity contribution in [3.8, 4) is 10.6 Å². The fourth-order valence-electron chi connectivity index (χ4n) is 1.61. The highest BCUT2D eigenvalue weighted by molar-refractivity contribution is 7.13. The number of aromatic nitrogens is 2. The highest BCUT2D eigenvalue weighted by atomic mass is 32.1. The number of aromatic amines is 1. The van der Waals surface area contributed by atoms with Crippen LogP contribution in [0.2, 0.25) is 0 Å². The van der Waals surface area contributed by atoms with Gasteiger partial charge in [-0.3, -0.25) is 9.18 Å². The number of rotatable bonds is 1. The molecule has 18 heavy (non-hydrogen) atoms. The van der Waals surface area contributed by atoms with Crippen LogP contribution >= 0.6 is 11.3 Å². The molecule has 0 aliphatic heterocycles. The number of nitrogens with one attached hydrogen (secondary N) is 1. The molecule has 0 aliphatic carbocycles. The summed E-state index contributed by atoms with van der Waals surface area (Å²) >= 11 is 1.52. The first-order valence-electron chi connectivity index (χ1n) is 5.25. The molecule has 0 amide bonds. The zero-order chi connectivity index (χ0) is 13.0. The van der Waals surface area contributed by atoms with Gasteiger partial charge in [-0.05, 0) is 23.6 Å². The Morgan fingerprint density at radius 2 is 1.94 bits per heavy atom. The van der Waals surface area contributed by atoms with Gasteiger partial charge in [0, 0.05) is 0 Å². The van der Waals surface area contributed by atoms with E-state index in [4.69, 9.17) is 0 Å². The SMILES string of the molecule is CF.O=c1[nH]c2ccccc2nc1-c1cccs1. The summed E-state index contributed by atoms with van der Waals surface area (Å²) in [5.41, 5.74) is 1.94. The van der Waals surface area contributed by atoms with E-state index in [0.717, 1.165) is 15.9 Å². The first-order valence-corrected chi connectivity index (χ1v) is 6.13. The lowest BCUT2D eigenvalue weighted by molar-refractivity contribution is 0.636. The maximum atomic E-state index is 11.8. The molecule has 0 aliphatic rings. The Morgan fingerprint density at radius 1 is 1.17 bits per heavy atom. The van der Waals surface area contributed by atoms with Crippen LogP contribution in [0.25, 0.3) is 21.6 Å². The molecule has 0 saturated carbocycles. The molecule has 1 aromatic carbocycles. The topological polar surface area (TPSA) is 45.8 Å². The van der Waals surface area contributed by atoms with Crippen LogP contribution in [0.1, 0.15) is 0 Å². The lowest BCUT2D eigenvalue weighted by Crippen LogP contribution is -2.10. The molecule has 0 radical (unpaired) electrons. The van der Waals surface area contributed by atoms with Gasteiger partial charge in [0.2, 0.25) is 0 Å². The summed E-state index contributed by atoms with van der Waals surface area (Å²) in [5.74, 6) is 0. The monoisotopic (exact) mass is 262 g/mol. The predicted molar refractivity (Wildman–Crippen MR) is 72.7 cm³/mol. The fraction of sp³-hybridized carbons (Fsp3) is 0.0769. The van der Waals surface area contributed by atoms with E-state index < -0.39 is 0 Å². The van der Waals surface area contributed by atoms with Gasteiger partial charge in [-0.2, -0.15) is 0 Å². The lowest BCUT2D eigenvalue weighted by atomic mass is 10.3. The quantitative estimate of drug-likeness (QED) is 0.731. The molecular formula is C13H11FN2OS. The molecule has 5 heteroatoms. The van der Waals surface area contributed by atoms with Crippen LogP contribution in [0.5, 0.6) is 0 Å². The molecule has 0 fully saturated rings. The van der Waals surface area contributed by atoms with Crippen molar-refractivity contribution in [3.05, 3.63) is 52.1 Å². The van der Waals surface area contributed by atoms with E-state index in [-0.39, 0.29) is 5.56 Å². The Hall–Kier alpha value is -2.01. The number of hydrogen-bond acceptors (Lipinski definition) is 3. The number of thiophene rings is 1. The minimum Gasteiger partial charge on any atom is -0.319 e. The Bertz CT molecular complexity index is 692. The molecular weight excluding hydrogens is 251 g/mol. The second-order valence-electron chi connectivity index (χ2n) is 3.41. The third kappa shape index (κ3) is 2.31. The van der Waals surface area contributed by atoms with Gasteiger partial charge >= 0.3 is 0 Å². The largest absolute Gasteiger partial charge is 0.319 e. The van der Waals surface area contributed by atoms with E-state index in [9.17, 15) is 9.18 Å². The predicted octanol–water partition coefficient (Wildman–Crippen LogP) is 3.24. The van der Waals surface area contributed by atoms with Crippen molar-refractivity contribution in [3.63, 3.8) is 0 Å². The fourth-order valence-corrected chi connectivity index (χ4v) is 2.32. The van der Waals surface area contributed by atoms with E-state index in [0.29, 0.717) is 12.9 Å². The normalized spacial score (nSPS) is 9.89. The average molecular weight is 262 g/mol. The van der Waals surface area contributed by atoms with Crippen LogP contribution in [-0.2, 0) is 0 Å². The van der Waals surface area contributed by atoms with Crippen molar-refractivity contribution in [2.75, 3.05) is 7.18 Å². The summed E-state index contributed by atoms with van der Waals surface area (Å²) < 4.78 is 9.50. The smallest absolute Gasteiger partial charge is 0.275 e. The van der Waals surface area contributed by atoms with Crippen molar-refractivity contribution in [1.82, 2.24) is 9.97 Å². The highest BCUT2D eigenvalue weighted by Crippen LogP contribution is 2.20. The van der Waals surface area contributed by atoms with Crippen LogP contribution in [0.3, 0.4) is 0 Å². The third-order valence-corrected chi connectivity index (χ3v) is 3.23. The van der Waals surface area contributed by atoms with Crippen LogP contribution in [0, 0.1) is 0 Å². The minimum atomic E-state index is -0.138. The lowest BCUT2D eigenvalue weighted by Gasteiger charge is -1.99. The van der Waals surface area contributed by atoms with Crippen LogP contribution in [0.15, 0.2) is 46.6 Å². The summed E-state index contributed by atoms with van der Waals surface area (Å²) in [6.07, 6.45) is 0. The van der Waals surface area contributed by atoms with E-state index in [1.54, 1.807) is 0 Å². The van der Waals surface area contributed by atoms with Gasteiger partial charge in [0.25, 0.3) is 5.56 Å². The van der Waals surface area contributed by atoms with Gasteiger partial charge in [0.1, 0.15) is 5.69 Å². The Kier molecular flexibility index (Phi) is 3.84. The summed E-state index contributed by atoms with van der Waals surface area (Å²) in [4.78, 5) is 19.9. The number of hydrogen-bond donors (Lipinski definition) is 1. The Balaban J connectivity index is 0.000000574. The first kappa shape index (κ1) is 12.4. The van der Waals surface area contributed by atoms with E-state index >= 15 is 0 Å². The zero-order valence-electron chi connectivity index (χ0n) is 9.68. The molecule has 2 aromatic heterocycles. The maximum Gasteiger partial charge on any atom is 0.275 e. The molecule has 0 spiro atoms. The number of nitrogens with zero attached hydrogens (tertiary/aromatic N) is 1. The van der Waals surface area contributed by atoms with Gasteiger partial charge in [-0.15, -0.1) is 11.3 Å².